The average Bonchev–Trinajstić information content (AvgIpc) is 2.73. The lowest BCUT2D eigenvalue weighted by atomic mass is 10.0. The van der Waals surface area contributed by atoms with Gasteiger partial charge < -0.3 is 38.0 Å². The smallest absolute Gasteiger partial charge is 0.220 e. The fourth-order valence-electron chi connectivity index (χ4n) is 3.01. The molecule has 0 unspecified atom stereocenters. The second-order valence-corrected chi connectivity index (χ2v) is 14.6. The molecule has 0 amide bonds. The van der Waals surface area contributed by atoms with Crippen molar-refractivity contribution < 1.29 is 38.0 Å². The Bertz CT molecular complexity index is 626. The normalized spacial score (nSPS) is 30.0. The van der Waals surface area contributed by atoms with Crippen molar-refractivity contribution in [2.24, 2.45) is 0 Å². The number of rotatable bonds is 11. The van der Waals surface area contributed by atoms with Crippen molar-refractivity contribution in [1.82, 2.24) is 0 Å². The molecule has 0 aromatic rings. The van der Waals surface area contributed by atoms with Crippen LogP contribution >= 0.6 is 0 Å². The third-order valence-corrected chi connectivity index (χ3v) is 11.0. The highest BCUT2D eigenvalue weighted by atomic mass is 28.4. The van der Waals surface area contributed by atoms with Crippen LogP contribution in [0.1, 0.15) is 47.5 Å². The van der Waals surface area contributed by atoms with Crippen LogP contribution in [0.4, 0.5) is 0 Å². The highest BCUT2D eigenvalue weighted by Crippen LogP contribution is 2.40. The summed E-state index contributed by atoms with van der Waals surface area (Å²) in [5.41, 5.74) is 0. The molecule has 32 heavy (non-hydrogen) atoms. The molecule has 0 saturated carbocycles. The van der Waals surface area contributed by atoms with Crippen molar-refractivity contribution in [3.05, 3.63) is 0 Å². The van der Waals surface area contributed by atoms with E-state index in [1.807, 2.05) is 0 Å². The number of unbranched alkanes of at least 4 members (excludes halogenated alkanes) is 1. The lowest BCUT2D eigenvalue weighted by Crippen LogP contribution is -2.67. The Morgan fingerprint density at radius 2 is 1.66 bits per heavy atom. The lowest BCUT2D eigenvalue weighted by molar-refractivity contribution is -0.455. The lowest BCUT2D eigenvalue weighted by Gasteiger charge is -2.52. The molecule has 1 heterocycles. The van der Waals surface area contributed by atoms with Crippen LogP contribution in [0.5, 0.6) is 0 Å². The van der Waals surface area contributed by atoms with E-state index >= 15 is 0 Å². The number of hydrogen-bond donors (Lipinski definition) is 1. The molecule has 8 nitrogen and oxygen atoms in total. The van der Waals surface area contributed by atoms with E-state index < -0.39 is 38.2 Å². The monoisotopic (exact) mass is 476 g/mol. The van der Waals surface area contributed by atoms with E-state index in [0.29, 0.717) is 13.0 Å². The molecule has 0 aromatic heterocycles. The molecule has 0 radical (unpaired) electrons. The second kappa shape index (κ2) is 12.2. The number of ether oxygens (including phenoxy) is 6. The number of methoxy groups -OCH3 is 3. The summed E-state index contributed by atoms with van der Waals surface area (Å²) in [7, 11) is 2.78. The summed E-state index contributed by atoms with van der Waals surface area (Å²) >= 11 is 0. The third-order valence-electron chi connectivity index (χ3n) is 6.51. The van der Waals surface area contributed by atoms with Crippen LogP contribution in [0.3, 0.4) is 0 Å². The molecule has 1 aliphatic rings. The van der Waals surface area contributed by atoms with Gasteiger partial charge in [-0.15, -0.1) is 5.92 Å². The van der Waals surface area contributed by atoms with Gasteiger partial charge in [0.1, 0.15) is 25.1 Å². The van der Waals surface area contributed by atoms with Gasteiger partial charge in [-0.05, 0) is 38.4 Å². The summed E-state index contributed by atoms with van der Waals surface area (Å²) in [6.45, 7) is 15.0. The number of hydrogen-bond acceptors (Lipinski definition) is 8. The predicted molar refractivity (Wildman–Crippen MR) is 125 cm³/mol. The largest absolute Gasteiger partial charge is 0.417 e. The van der Waals surface area contributed by atoms with E-state index in [-0.39, 0.29) is 18.4 Å². The van der Waals surface area contributed by atoms with Crippen molar-refractivity contribution in [2.75, 3.05) is 41.3 Å². The predicted octanol–water partition coefficient (Wildman–Crippen LogP) is 3.28. The minimum absolute atomic E-state index is 0.0249. The van der Waals surface area contributed by atoms with Crippen LogP contribution in [-0.2, 0) is 32.8 Å². The Balaban J connectivity index is 2.88. The Kier molecular flexibility index (Phi) is 11.3. The number of aliphatic hydroxyl groups is 1. The van der Waals surface area contributed by atoms with Crippen molar-refractivity contribution in [3.8, 4) is 11.8 Å². The Hall–Kier alpha value is -0.543. The first-order chi connectivity index (χ1) is 14.8. The molecule has 1 aliphatic heterocycles. The van der Waals surface area contributed by atoms with Crippen LogP contribution < -0.4 is 0 Å². The van der Waals surface area contributed by atoms with Crippen molar-refractivity contribution >= 4 is 8.32 Å². The van der Waals surface area contributed by atoms with Crippen molar-refractivity contribution in [1.29, 1.82) is 0 Å². The first-order valence-electron chi connectivity index (χ1n) is 11.1. The zero-order valence-corrected chi connectivity index (χ0v) is 22.6. The summed E-state index contributed by atoms with van der Waals surface area (Å²) in [6.07, 6.45) is -0.653. The van der Waals surface area contributed by atoms with E-state index in [2.05, 4.69) is 45.7 Å². The molecule has 1 N–H and O–H groups in total. The van der Waals surface area contributed by atoms with Gasteiger partial charge in [0.25, 0.3) is 0 Å². The minimum atomic E-state index is -1.76. The van der Waals surface area contributed by atoms with Crippen LogP contribution in [-0.4, -0.2) is 84.6 Å². The minimum Gasteiger partial charge on any atom is -0.417 e. The van der Waals surface area contributed by atoms with Crippen molar-refractivity contribution in [3.63, 3.8) is 0 Å². The van der Waals surface area contributed by atoms with Crippen LogP contribution in [0, 0.1) is 11.8 Å². The fraction of sp³-hybridized carbons (Fsp3) is 0.913. The number of aliphatic hydroxyl groups excluding tert-OH is 1. The molecule has 188 valence electrons. The van der Waals surface area contributed by atoms with Crippen LogP contribution in [0.15, 0.2) is 0 Å². The van der Waals surface area contributed by atoms with Gasteiger partial charge in [-0.1, -0.05) is 26.7 Å². The van der Waals surface area contributed by atoms with E-state index in [0.717, 1.165) is 6.42 Å². The Labute approximate surface area is 195 Å². The summed E-state index contributed by atoms with van der Waals surface area (Å²) in [4.78, 5) is 0. The van der Waals surface area contributed by atoms with Crippen molar-refractivity contribution in [2.45, 2.75) is 95.5 Å². The van der Waals surface area contributed by atoms with Crippen LogP contribution in [0.25, 0.3) is 0 Å². The maximum atomic E-state index is 9.94. The third kappa shape index (κ3) is 7.23. The molecule has 9 heteroatoms. The standard InChI is InChI=1S/C23H44O8Si/c1-21(2,3)32(9,10)29-15-13-11-12-14-18(28-17-25-6)20-19(16-24)30-22(4,26-7)23(5,27-8)31-20/h18-20,24H,11,13,15-17H2,1-10H3/t18-,19-,20+,22-,23-/m1/s1. The summed E-state index contributed by atoms with van der Waals surface area (Å²) in [5.74, 6) is 3.82. The van der Waals surface area contributed by atoms with E-state index in [4.69, 9.17) is 32.8 Å². The van der Waals surface area contributed by atoms with Gasteiger partial charge in [-0.2, -0.15) is 0 Å². The topological polar surface area (TPSA) is 84.8 Å². The molecule has 0 aliphatic carbocycles. The maximum Gasteiger partial charge on any atom is 0.220 e. The van der Waals surface area contributed by atoms with Gasteiger partial charge in [-0.3, -0.25) is 0 Å². The summed E-state index contributed by atoms with van der Waals surface area (Å²) in [5, 5.41) is 10.1. The summed E-state index contributed by atoms with van der Waals surface area (Å²) < 4.78 is 40.4. The highest BCUT2D eigenvalue weighted by Gasteiger charge is 2.58. The summed E-state index contributed by atoms with van der Waals surface area (Å²) in [6, 6.07) is 0. The second-order valence-electron chi connectivity index (χ2n) is 9.75. The molecule has 0 aromatic carbocycles. The molecule has 0 spiro atoms. The average molecular weight is 477 g/mol. The molecule has 5 atom stereocenters. The van der Waals surface area contributed by atoms with Gasteiger partial charge >= 0.3 is 0 Å². The maximum absolute atomic E-state index is 9.94. The van der Waals surface area contributed by atoms with Gasteiger partial charge in [0.2, 0.25) is 11.6 Å². The van der Waals surface area contributed by atoms with Gasteiger partial charge in [0, 0.05) is 34.4 Å². The SMILES string of the molecule is COCO[C@H](C#CCCCO[Si](C)(C)C(C)(C)C)[C@@H]1O[C@@](C)(OC)[C@](C)(OC)O[C@@H]1CO. The molecule has 1 fully saturated rings. The zero-order valence-electron chi connectivity index (χ0n) is 21.6. The Morgan fingerprint density at radius 1 is 1.06 bits per heavy atom. The van der Waals surface area contributed by atoms with E-state index in [9.17, 15) is 5.11 Å². The first-order valence-corrected chi connectivity index (χ1v) is 14.0. The molecule has 1 saturated heterocycles. The van der Waals surface area contributed by atoms with Gasteiger partial charge in [0.15, 0.2) is 8.32 Å². The van der Waals surface area contributed by atoms with Gasteiger partial charge in [-0.25, -0.2) is 0 Å². The van der Waals surface area contributed by atoms with Gasteiger partial charge in [0.05, 0.1) is 6.61 Å². The molecule has 0 bridgehead atoms. The van der Waals surface area contributed by atoms with E-state index in [1.165, 1.54) is 21.3 Å². The highest BCUT2D eigenvalue weighted by molar-refractivity contribution is 6.74. The Morgan fingerprint density at radius 3 is 2.16 bits per heavy atom. The zero-order chi connectivity index (χ0) is 24.6. The molecular formula is C23H44O8Si. The van der Waals surface area contributed by atoms with Crippen LogP contribution in [0.2, 0.25) is 18.1 Å². The first kappa shape index (κ1) is 29.5. The fourth-order valence-corrected chi connectivity index (χ4v) is 4.10. The molecular weight excluding hydrogens is 432 g/mol. The van der Waals surface area contributed by atoms with E-state index in [1.54, 1.807) is 13.8 Å². The molecule has 1 rings (SSSR count). The quantitative estimate of drug-likeness (QED) is 0.210.